The number of thiophene rings is 1. The lowest BCUT2D eigenvalue weighted by Crippen LogP contribution is -2.41. The molecule has 0 radical (unpaired) electrons. The predicted molar refractivity (Wildman–Crippen MR) is 143 cm³/mol. The van der Waals surface area contributed by atoms with Crippen LogP contribution >= 0.6 is 11.3 Å². The van der Waals surface area contributed by atoms with Gasteiger partial charge in [-0.25, -0.2) is 9.83 Å². The molecule has 1 fully saturated rings. The van der Waals surface area contributed by atoms with Gasteiger partial charge < -0.3 is 19.9 Å². The van der Waals surface area contributed by atoms with Crippen molar-refractivity contribution in [2.24, 2.45) is 0 Å². The van der Waals surface area contributed by atoms with E-state index < -0.39 is 0 Å². The number of hydrogen-bond donors (Lipinski definition) is 2. The molecule has 5 rings (SSSR count). The number of rotatable bonds is 9. The zero-order chi connectivity index (χ0) is 24.7. The Kier molecular flexibility index (Phi) is 7.57. The van der Waals surface area contributed by atoms with E-state index in [1.807, 2.05) is 48.9 Å². The normalized spacial score (nSPS) is 14.0. The van der Waals surface area contributed by atoms with Crippen molar-refractivity contribution in [3.63, 3.8) is 0 Å². The number of aromatic nitrogens is 2. The average Bonchev–Trinajstić information content (AvgIpc) is 3.55. The van der Waals surface area contributed by atoms with E-state index >= 15 is 0 Å². The number of nitrogens with one attached hydrogen (secondary N) is 2. The summed E-state index contributed by atoms with van der Waals surface area (Å²) < 4.78 is 8.56. The monoisotopic (exact) mass is 500 g/mol. The van der Waals surface area contributed by atoms with E-state index in [4.69, 9.17) is 11.3 Å². The first-order valence-corrected chi connectivity index (χ1v) is 12.8. The molecule has 4 aromatic rings. The lowest BCUT2D eigenvalue weighted by atomic mass is 10.2. The molecule has 1 aliphatic heterocycles. The molecule has 0 bridgehead atoms. The summed E-state index contributed by atoms with van der Waals surface area (Å²) in [5, 5.41) is 7.58. The first kappa shape index (κ1) is 24.0. The van der Waals surface area contributed by atoms with Gasteiger partial charge in [0.2, 0.25) is 0 Å². The highest BCUT2D eigenvalue weighted by molar-refractivity contribution is 7.20. The molecule has 36 heavy (non-hydrogen) atoms. The third-order valence-corrected chi connectivity index (χ3v) is 7.36. The van der Waals surface area contributed by atoms with Crippen molar-refractivity contribution in [2.75, 3.05) is 44.7 Å². The van der Waals surface area contributed by atoms with Crippen molar-refractivity contribution in [3.8, 4) is 0 Å². The van der Waals surface area contributed by atoms with Gasteiger partial charge in [0.05, 0.1) is 43.2 Å². The van der Waals surface area contributed by atoms with Gasteiger partial charge in [-0.05, 0) is 35.2 Å². The van der Waals surface area contributed by atoms with E-state index in [0.717, 1.165) is 64.8 Å². The molecule has 2 N–H and O–H groups in total. The molecule has 0 unspecified atom stereocenters. The Morgan fingerprint density at radius 2 is 1.97 bits per heavy atom. The summed E-state index contributed by atoms with van der Waals surface area (Å²) in [6.45, 7) is 13.3. The zero-order valence-corrected chi connectivity index (χ0v) is 20.8. The SMILES string of the molecule is [C-]#[N+]c1ccc(Cn2cncc2CNc2ccc3sc(C(=O)NCCN4CCOCC4)cc3c2)cc1. The molecule has 0 spiro atoms. The Morgan fingerprint density at radius 1 is 1.14 bits per heavy atom. The minimum atomic E-state index is -0.0210. The number of morpholine rings is 1. The van der Waals surface area contributed by atoms with Crippen LogP contribution in [0.5, 0.6) is 0 Å². The Labute approximate surface area is 214 Å². The van der Waals surface area contributed by atoms with Crippen LogP contribution in [0, 0.1) is 6.57 Å². The summed E-state index contributed by atoms with van der Waals surface area (Å²) in [5.41, 5.74) is 3.82. The Balaban J connectivity index is 1.17. The fourth-order valence-corrected chi connectivity index (χ4v) is 5.17. The minimum absolute atomic E-state index is 0.0210. The van der Waals surface area contributed by atoms with E-state index in [-0.39, 0.29) is 5.91 Å². The zero-order valence-electron chi connectivity index (χ0n) is 19.9. The number of benzene rings is 2. The number of amides is 1. The molecule has 2 aromatic heterocycles. The number of carbonyl (C=O) groups is 1. The highest BCUT2D eigenvalue weighted by atomic mass is 32.1. The molecule has 1 saturated heterocycles. The van der Waals surface area contributed by atoms with Crippen molar-refractivity contribution in [3.05, 3.63) is 88.6 Å². The Hall–Kier alpha value is -3.71. The first-order valence-electron chi connectivity index (χ1n) is 12.0. The van der Waals surface area contributed by atoms with Crippen LogP contribution in [0.4, 0.5) is 11.4 Å². The summed E-state index contributed by atoms with van der Waals surface area (Å²) in [4.78, 5) is 23.5. The van der Waals surface area contributed by atoms with Crippen LogP contribution < -0.4 is 10.6 Å². The summed E-state index contributed by atoms with van der Waals surface area (Å²) >= 11 is 1.52. The Bertz CT molecular complexity index is 1370. The van der Waals surface area contributed by atoms with Crippen LogP contribution in [0.15, 0.2) is 61.1 Å². The van der Waals surface area contributed by atoms with E-state index in [2.05, 4.69) is 42.1 Å². The number of imidazole rings is 1. The van der Waals surface area contributed by atoms with Gasteiger partial charge in [-0.2, -0.15) is 0 Å². The largest absolute Gasteiger partial charge is 0.379 e. The fraction of sp³-hybridized carbons (Fsp3) is 0.296. The summed E-state index contributed by atoms with van der Waals surface area (Å²) in [6.07, 6.45) is 3.69. The molecule has 9 heteroatoms. The molecule has 8 nitrogen and oxygen atoms in total. The van der Waals surface area contributed by atoms with Crippen molar-refractivity contribution in [1.82, 2.24) is 19.8 Å². The van der Waals surface area contributed by atoms with Crippen LogP contribution in [0.1, 0.15) is 20.9 Å². The van der Waals surface area contributed by atoms with Crippen LogP contribution in [-0.4, -0.2) is 59.8 Å². The third kappa shape index (κ3) is 5.91. The molecular weight excluding hydrogens is 472 g/mol. The van der Waals surface area contributed by atoms with E-state index in [9.17, 15) is 4.79 Å². The van der Waals surface area contributed by atoms with Crippen molar-refractivity contribution >= 4 is 38.7 Å². The lowest BCUT2D eigenvalue weighted by molar-refractivity contribution is 0.0383. The minimum Gasteiger partial charge on any atom is -0.379 e. The average molecular weight is 501 g/mol. The first-order chi connectivity index (χ1) is 17.7. The van der Waals surface area contributed by atoms with Crippen LogP contribution in [0.25, 0.3) is 14.9 Å². The molecule has 1 amide bonds. The predicted octanol–water partition coefficient (Wildman–Crippen LogP) is 4.37. The van der Waals surface area contributed by atoms with Crippen LogP contribution in [-0.2, 0) is 17.8 Å². The second-order valence-corrected chi connectivity index (χ2v) is 9.80. The van der Waals surface area contributed by atoms with Gasteiger partial charge in [-0.15, -0.1) is 11.3 Å². The maximum atomic E-state index is 12.7. The van der Waals surface area contributed by atoms with E-state index in [0.29, 0.717) is 25.3 Å². The van der Waals surface area contributed by atoms with E-state index in [1.54, 1.807) is 0 Å². The number of anilines is 1. The fourth-order valence-electron chi connectivity index (χ4n) is 4.21. The van der Waals surface area contributed by atoms with Crippen LogP contribution in [0.2, 0.25) is 0 Å². The van der Waals surface area contributed by atoms with Gasteiger partial charge in [-0.1, -0.05) is 24.3 Å². The number of hydrogen-bond acceptors (Lipinski definition) is 6. The summed E-state index contributed by atoms with van der Waals surface area (Å²) in [5.74, 6) is -0.0210. The third-order valence-electron chi connectivity index (χ3n) is 6.25. The number of ether oxygens (including phenoxy) is 1. The number of carbonyl (C=O) groups excluding carboxylic acids is 1. The second kappa shape index (κ2) is 11.4. The van der Waals surface area contributed by atoms with Gasteiger partial charge in [0, 0.05) is 49.3 Å². The molecule has 2 aromatic carbocycles. The summed E-state index contributed by atoms with van der Waals surface area (Å²) in [6, 6.07) is 15.8. The maximum absolute atomic E-state index is 12.7. The van der Waals surface area contributed by atoms with Crippen molar-refractivity contribution < 1.29 is 9.53 Å². The highest BCUT2D eigenvalue weighted by Gasteiger charge is 2.13. The van der Waals surface area contributed by atoms with Gasteiger partial charge in [-0.3, -0.25) is 9.69 Å². The van der Waals surface area contributed by atoms with Gasteiger partial charge in [0.1, 0.15) is 0 Å². The quantitative estimate of drug-likeness (QED) is 0.334. The molecular formula is C27H28N6O2S. The molecule has 1 aliphatic rings. The lowest BCUT2D eigenvalue weighted by Gasteiger charge is -2.26. The smallest absolute Gasteiger partial charge is 0.261 e. The second-order valence-electron chi connectivity index (χ2n) is 8.72. The van der Waals surface area contributed by atoms with Gasteiger partial charge in [0.15, 0.2) is 5.69 Å². The molecule has 0 aliphatic carbocycles. The van der Waals surface area contributed by atoms with Crippen molar-refractivity contribution in [2.45, 2.75) is 13.1 Å². The number of nitrogens with zero attached hydrogens (tertiary/aromatic N) is 4. The standard InChI is InChI=1S/C27H28N6O2S/c1-28-22-4-2-20(3-5-22)18-33-19-29-16-24(33)17-31-23-6-7-25-21(14-23)15-26(36-25)27(34)30-8-9-32-10-12-35-13-11-32/h2-7,14-16,19,31H,8-13,17-18H2,(H,30,34). The molecule has 3 heterocycles. The Morgan fingerprint density at radius 3 is 2.78 bits per heavy atom. The topological polar surface area (TPSA) is 75.8 Å². The van der Waals surface area contributed by atoms with Crippen molar-refractivity contribution in [1.29, 1.82) is 0 Å². The van der Waals surface area contributed by atoms with E-state index in [1.165, 1.54) is 11.3 Å². The summed E-state index contributed by atoms with van der Waals surface area (Å²) in [7, 11) is 0. The van der Waals surface area contributed by atoms with Crippen LogP contribution in [0.3, 0.4) is 0 Å². The molecule has 0 saturated carbocycles. The van der Waals surface area contributed by atoms with Gasteiger partial charge >= 0.3 is 0 Å². The number of fused-ring (bicyclic) bond motifs is 1. The maximum Gasteiger partial charge on any atom is 0.261 e. The van der Waals surface area contributed by atoms with Gasteiger partial charge in [0.25, 0.3) is 5.91 Å². The highest BCUT2D eigenvalue weighted by Crippen LogP contribution is 2.28. The molecule has 0 atom stereocenters. The molecule has 184 valence electrons.